The number of rotatable bonds is 8. The fourth-order valence-electron chi connectivity index (χ4n) is 4.83. The quantitative estimate of drug-likeness (QED) is 0.488. The van der Waals surface area contributed by atoms with Crippen LogP contribution in [0.2, 0.25) is 0 Å². The molecule has 0 radical (unpaired) electrons. The number of hydrogen-bond donors (Lipinski definition) is 4. The average Bonchev–Trinajstić information content (AvgIpc) is 3.37. The minimum Gasteiger partial charge on any atom is -0.479 e. The van der Waals surface area contributed by atoms with Crippen molar-refractivity contribution in [3.8, 4) is 11.1 Å². The van der Waals surface area contributed by atoms with Crippen LogP contribution in [0, 0.1) is 5.92 Å². The number of fused-ring (bicyclic) bond motifs is 3. The lowest BCUT2D eigenvalue weighted by Gasteiger charge is -2.17. The lowest BCUT2D eigenvalue weighted by molar-refractivity contribution is -0.146. The Hall–Kier alpha value is -3.39. The molecule has 1 unspecified atom stereocenters. The number of ether oxygens (including phenoxy) is 1. The number of carboxylic acids is 1. The van der Waals surface area contributed by atoms with Crippen LogP contribution in [0.15, 0.2) is 48.5 Å². The van der Waals surface area contributed by atoms with Crippen LogP contribution >= 0.6 is 0 Å². The van der Waals surface area contributed by atoms with E-state index < -0.39 is 18.2 Å². The number of amides is 2. The highest BCUT2D eigenvalue weighted by atomic mass is 16.5. The number of carbonyl (C=O) groups is 3. The Labute approximate surface area is 192 Å². The van der Waals surface area contributed by atoms with Crippen LogP contribution in [0.4, 0.5) is 4.79 Å². The monoisotopic (exact) mass is 452 g/mol. The van der Waals surface area contributed by atoms with Gasteiger partial charge in [0.05, 0.1) is 6.54 Å². The van der Waals surface area contributed by atoms with Crippen molar-refractivity contribution in [1.82, 2.24) is 10.6 Å². The molecule has 8 heteroatoms. The topological polar surface area (TPSA) is 125 Å². The summed E-state index contributed by atoms with van der Waals surface area (Å²) in [5, 5.41) is 23.2. The summed E-state index contributed by atoms with van der Waals surface area (Å²) in [4.78, 5) is 35.0. The van der Waals surface area contributed by atoms with Gasteiger partial charge >= 0.3 is 12.1 Å². The van der Waals surface area contributed by atoms with Gasteiger partial charge in [-0.1, -0.05) is 48.5 Å². The van der Waals surface area contributed by atoms with Gasteiger partial charge in [0.15, 0.2) is 6.10 Å². The van der Waals surface area contributed by atoms with E-state index in [0.717, 1.165) is 24.0 Å². The van der Waals surface area contributed by atoms with E-state index in [1.807, 2.05) is 24.3 Å². The van der Waals surface area contributed by atoms with Crippen LogP contribution in [-0.4, -0.2) is 53.5 Å². The third-order valence-corrected chi connectivity index (χ3v) is 6.46. The Bertz CT molecular complexity index is 994. The van der Waals surface area contributed by atoms with Gasteiger partial charge in [0.1, 0.15) is 6.61 Å². The van der Waals surface area contributed by atoms with Gasteiger partial charge in [0.2, 0.25) is 5.91 Å². The Morgan fingerprint density at radius 2 is 1.64 bits per heavy atom. The molecule has 8 nitrogen and oxygen atoms in total. The predicted octanol–water partition coefficient (Wildman–Crippen LogP) is 2.65. The van der Waals surface area contributed by atoms with Crippen LogP contribution in [0.3, 0.4) is 0 Å². The van der Waals surface area contributed by atoms with Crippen molar-refractivity contribution >= 4 is 18.0 Å². The largest absolute Gasteiger partial charge is 0.479 e. The predicted molar refractivity (Wildman–Crippen MR) is 121 cm³/mol. The molecule has 2 aromatic carbocycles. The van der Waals surface area contributed by atoms with Gasteiger partial charge in [-0.3, -0.25) is 4.79 Å². The summed E-state index contributed by atoms with van der Waals surface area (Å²) in [5.41, 5.74) is 4.67. The molecule has 1 fully saturated rings. The maximum atomic E-state index is 12.5. The molecule has 1 saturated carbocycles. The molecule has 4 rings (SSSR count). The zero-order valence-electron chi connectivity index (χ0n) is 18.2. The Morgan fingerprint density at radius 3 is 2.27 bits per heavy atom. The minimum absolute atomic E-state index is 0.00401. The molecule has 3 atom stereocenters. The van der Waals surface area contributed by atoms with Gasteiger partial charge in [-0.2, -0.15) is 0 Å². The lowest BCUT2D eigenvalue weighted by atomic mass is 9.98. The number of carboxylic acid groups (broad SMARTS) is 1. The second-order valence-corrected chi connectivity index (χ2v) is 8.71. The molecule has 0 aliphatic heterocycles. The molecule has 0 saturated heterocycles. The van der Waals surface area contributed by atoms with Crippen LogP contribution < -0.4 is 10.6 Å². The van der Waals surface area contributed by atoms with Crippen molar-refractivity contribution in [1.29, 1.82) is 0 Å². The molecular weight excluding hydrogens is 424 g/mol. The molecular formula is C25H28N2O6. The molecule has 33 heavy (non-hydrogen) atoms. The van der Waals surface area contributed by atoms with Crippen LogP contribution in [0.1, 0.15) is 42.7 Å². The second-order valence-electron chi connectivity index (χ2n) is 8.71. The van der Waals surface area contributed by atoms with E-state index >= 15 is 0 Å². The van der Waals surface area contributed by atoms with Gasteiger partial charge in [-0.25, -0.2) is 9.59 Å². The summed E-state index contributed by atoms with van der Waals surface area (Å²) >= 11 is 0. The number of nitrogens with one attached hydrogen (secondary N) is 2. The van der Waals surface area contributed by atoms with Crippen LogP contribution in [-0.2, 0) is 14.3 Å². The van der Waals surface area contributed by atoms with Gasteiger partial charge < -0.3 is 25.6 Å². The van der Waals surface area contributed by atoms with Crippen molar-refractivity contribution in [2.75, 3.05) is 13.2 Å². The van der Waals surface area contributed by atoms with Gasteiger partial charge in [-0.15, -0.1) is 0 Å². The maximum Gasteiger partial charge on any atom is 0.407 e. The lowest BCUT2D eigenvalue weighted by Crippen LogP contribution is -2.37. The zero-order valence-corrected chi connectivity index (χ0v) is 18.2. The fourth-order valence-corrected chi connectivity index (χ4v) is 4.83. The Morgan fingerprint density at radius 1 is 1.00 bits per heavy atom. The summed E-state index contributed by atoms with van der Waals surface area (Å²) in [6.45, 7) is -0.0629. The van der Waals surface area contributed by atoms with Gasteiger partial charge in [-0.05, 0) is 47.4 Å². The van der Waals surface area contributed by atoms with Crippen LogP contribution in [0.25, 0.3) is 11.1 Å². The first-order chi connectivity index (χ1) is 15.9. The molecule has 0 aromatic heterocycles. The third-order valence-electron chi connectivity index (χ3n) is 6.46. The third kappa shape index (κ3) is 5.34. The van der Waals surface area contributed by atoms with E-state index in [1.165, 1.54) is 11.1 Å². The normalized spacial score (nSPS) is 19.9. The molecule has 2 aliphatic rings. The molecule has 174 valence electrons. The van der Waals surface area contributed by atoms with E-state index in [4.69, 9.17) is 9.84 Å². The number of aliphatic hydroxyl groups excluding tert-OH is 1. The van der Waals surface area contributed by atoms with E-state index in [2.05, 4.69) is 34.9 Å². The zero-order chi connectivity index (χ0) is 23.4. The molecule has 0 heterocycles. The highest BCUT2D eigenvalue weighted by Gasteiger charge is 2.31. The second kappa shape index (κ2) is 10.0. The Balaban J connectivity index is 1.24. The summed E-state index contributed by atoms with van der Waals surface area (Å²) in [6.07, 6.45) is 0.342. The number of benzene rings is 2. The maximum absolute atomic E-state index is 12.5. The van der Waals surface area contributed by atoms with Gasteiger partial charge in [0.25, 0.3) is 0 Å². The van der Waals surface area contributed by atoms with E-state index in [0.29, 0.717) is 6.42 Å². The summed E-state index contributed by atoms with van der Waals surface area (Å²) in [5.74, 6) is -1.58. The highest BCUT2D eigenvalue weighted by Crippen LogP contribution is 2.44. The number of aliphatic carboxylic acids is 1. The molecule has 2 amide bonds. The van der Waals surface area contributed by atoms with Crippen LogP contribution in [0.5, 0.6) is 0 Å². The van der Waals surface area contributed by atoms with E-state index in [1.54, 1.807) is 0 Å². The highest BCUT2D eigenvalue weighted by molar-refractivity contribution is 5.79. The first-order valence-corrected chi connectivity index (χ1v) is 11.2. The molecule has 0 spiro atoms. The van der Waals surface area contributed by atoms with Crippen molar-refractivity contribution in [2.45, 2.75) is 43.7 Å². The van der Waals surface area contributed by atoms with E-state index in [-0.39, 0.29) is 43.4 Å². The van der Waals surface area contributed by atoms with Crippen molar-refractivity contribution in [2.24, 2.45) is 5.92 Å². The summed E-state index contributed by atoms with van der Waals surface area (Å²) in [6, 6.07) is 16.3. The number of hydrogen-bond acceptors (Lipinski definition) is 5. The minimum atomic E-state index is -1.61. The fraction of sp³-hybridized carbons (Fsp3) is 0.400. The standard InChI is InChI=1S/C25H28N2O6/c28-22(24(30)31)13-26-23(29)12-15-9-10-16(11-15)27-25(32)33-14-21-19-7-3-1-5-17(19)18-6-2-4-8-20(18)21/h1-8,15-16,21-22,28H,9-14H2,(H,26,29)(H,27,32)(H,30,31)/t15-,16+,22?/m1/s1. The summed E-state index contributed by atoms with van der Waals surface area (Å²) < 4.78 is 5.59. The molecule has 2 aliphatic carbocycles. The number of alkyl carbamates (subject to hydrolysis) is 1. The first kappa shape index (κ1) is 22.8. The number of carbonyl (C=O) groups excluding carboxylic acids is 2. The average molecular weight is 453 g/mol. The van der Waals surface area contributed by atoms with E-state index in [9.17, 15) is 19.5 Å². The van der Waals surface area contributed by atoms with Gasteiger partial charge in [0, 0.05) is 18.4 Å². The number of aliphatic hydroxyl groups is 1. The SMILES string of the molecule is O=C(C[C@@H]1CC[C@H](NC(=O)OCC2c3ccccc3-c3ccccc32)C1)NCC(O)C(=O)O. The molecule has 2 aromatic rings. The first-order valence-electron chi connectivity index (χ1n) is 11.2. The van der Waals surface area contributed by atoms with Crippen molar-refractivity contribution in [3.63, 3.8) is 0 Å². The smallest absolute Gasteiger partial charge is 0.407 e. The Kier molecular flexibility index (Phi) is 6.93. The molecule has 0 bridgehead atoms. The summed E-state index contributed by atoms with van der Waals surface area (Å²) in [7, 11) is 0. The van der Waals surface area contributed by atoms with Crippen molar-refractivity contribution < 1.29 is 29.3 Å². The van der Waals surface area contributed by atoms with Crippen molar-refractivity contribution in [3.05, 3.63) is 59.7 Å². The molecule has 4 N–H and O–H groups in total.